The van der Waals surface area contributed by atoms with Crippen LogP contribution in [0.1, 0.15) is 6.92 Å². The second-order valence-electron chi connectivity index (χ2n) is 5.20. The van der Waals surface area contributed by atoms with Gasteiger partial charge in [-0.15, -0.1) is 0 Å². The largest absolute Gasteiger partial charge is 0.378 e. The first-order chi connectivity index (χ1) is 10.8. The van der Waals surface area contributed by atoms with Crippen LogP contribution >= 0.6 is 0 Å². The summed E-state index contributed by atoms with van der Waals surface area (Å²) in [7, 11) is -3.64. The van der Waals surface area contributed by atoms with Crippen molar-refractivity contribution in [2.24, 2.45) is 0 Å². The van der Waals surface area contributed by atoms with Crippen LogP contribution in [0.15, 0.2) is 64.4 Å². The van der Waals surface area contributed by atoms with E-state index in [1.807, 2.05) is 0 Å². The number of aliphatic hydroxyl groups is 1. The van der Waals surface area contributed by atoms with Crippen molar-refractivity contribution < 1.29 is 22.7 Å². The molecule has 122 valence electrons. The average Bonchev–Trinajstić information content (AvgIpc) is 2.56. The van der Waals surface area contributed by atoms with Crippen molar-refractivity contribution in [1.29, 1.82) is 0 Å². The molecular formula is C16H16FNO4S. The predicted molar refractivity (Wildman–Crippen MR) is 83.6 cm³/mol. The number of nitrogens with one attached hydrogen (secondary N) is 1. The Morgan fingerprint density at radius 2 is 1.61 bits per heavy atom. The van der Waals surface area contributed by atoms with Gasteiger partial charge in [0.25, 0.3) is 5.91 Å². The van der Waals surface area contributed by atoms with Crippen molar-refractivity contribution in [3.05, 3.63) is 54.6 Å². The molecule has 5 nitrogen and oxygen atoms in total. The van der Waals surface area contributed by atoms with Crippen LogP contribution in [0.25, 0.3) is 0 Å². The smallest absolute Gasteiger partial charge is 0.258 e. The van der Waals surface area contributed by atoms with Gasteiger partial charge in [0.1, 0.15) is 6.67 Å². The molecule has 0 aliphatic carbocycles. The maximum atomic E-state index is 12.5. The van der Waals surface area contributed by atoms with Gasteiger partial charge in [-0.2, -0.15) is 0 Å². The van der Waals surface area contributed by atoms with Crippen LogP contribution in [-0.4, -0.2) is 31.7 Å². The van der Waals surface area contributed by atoms with Gasteiger partial charge in [0, 0.05) is 5.69 Å². The Morgan fingerprint density at radius 1 is 1.09 bits per heavy atom. The van der Waals surface area contributed by atoms with Gasteiger partial charge in [-0.05, 0) is 43.3 Å². The van der Waals surface area contributed by atoms with E-state index < -0.39 is 28.0 Å². The monoisotopic (exact) mass is 337 g/mol. The van der Waals surface area contributed by atoms with Crippen LogP contribution in [0.4, 0.5) is 10.1 Å². The molecule has 0 radical (unpaired) electrons. The van der Waals surface area contributed by atoms with Crippen LogP contribution in [-0.2, 0) is 14.6 Å². The number of sulfone groups is 1. The van der Waals surface area contributed by atoms with E-state index in [0.717, 1.165) is 6.92 Å². The SMILES string of the molecule is CC(O)(CF)C(=O)Nc1ccc(S(=O)(=O)c2ccccc2)cc1. The first-order valence-corrected chi connectivity index (χ1v) is 8.26. The normalized spacial score (nSPS) is 14.0. The Hall–Kier alpha value is -2.25. The lowest BCUT2D eigenvalue weighted by Gasteiger charge is -2.18. The summed E-state index contributed by atoms with van der Waals surface area (Å²) in [5.74, 6) is -0.904. The number of benzene rings is 2. The summed E-state index contributed by atoms with van der Waals surface area (Å²) in [6, 6.07) is 13.4. The number of rotatable bonds is 5. The summed E-state index contributed by atoms with van der Waals surface area (Å²) in [5.41, 5.74) is -1.87. The van der Waals surface area contributed by atoms with Crippen molar-refractivity contribution in [2.75, 3.05) is 12.0 Å². The minimum absolute atomic E-state index is 0.0685. The number of carbonyl (C=O) groups excluding carboxylic acids is 1. The molecule has 23 heavy (non-hydrogen) atoms. The number of carbonyl (C=O) groups is 1. The molecule has 1 atom stereocenters. The summed E-state index contributed by atoms with van der Waals surface area (Å²) in [6.45, 7) is -0.171. The van der Waals surface area contributed by atoms with Crippen LogP contribution < -0.4 is 5.32 Å². The Bertz CT molecular complexity index is 787. The zero-order valence-electron chi connectivity index (χ0n) is 12.4. The van der Waals surface area contributed by atoms with Crippen LogP contribution in [0, 0.1) is 0 Å². The molecule has 0 bridgehead atoms. The molecule has 2 aromatic carbocycles. The molecule has 0 aromatic heterocycles. The highest BCUT2D eigenvalue weighted by Crippen LogP contribution is 2.22. The van der Waals surface area contributed by atoms with E-state index in [1.54, 1.807) is 18.2 Å². The topological polar surface area (TPSA) is 83.5 Å². The lowest BCUT2D eigenvalue weighted by atomic mass is 10.1. The fraction of sp³-hybridized carbons (Fsp3) is 0.188. The molecule has 0 saturated heterocycles. The number of alkyl halides is 1. The summed E-state index contributed by atoms with van der Waals surface area (Å²) in [4.78, 5) is 11.9. The average molecular weight is 337 g/mol. The van der Waals surface area contributed by atoms with Crippen molar-refractivity contribution >= 4 is 21.4 Å². The van der Waals surface area contributed by atoms with Gasteiger partial charge in [0.15, 0.2) is 5.60 Å². The molecule has 0 saturated carbocycles. The van der Waals surface area contributed by atoms with Crippen molar-refractivity contribution in [1.82, 2.24) is 0 Å². The second kappa shape index (κ2) is 6.47. The third-order valence-electron chi connectivity index (χ3n) is 3.23. The van der Waals surface area contributed by atoms with Crippen LogP contribution in [0.3, 0.4) is 0 Å². The van der Waals surface area contributed by atoms with Gasteiger partial charge in [0.2, 0.25) is 9.84 Å². The second-order valence-corrected chi connectivity index (χ2v) is 7.15. The number of amides is 1. The third kappa shape index (κ3) is 3.75. The zero-order valence-corrected chi connectivity index (χ0v) is 13.2. The van der Waals surface area contributed by atoms with E-state index >= 15 is 0 Å². The lowest BCUT2D eigenvalue weighted by Crippen LogP contribution is -2.41. The fourth-order valence-electron chi connectivity index (χ4n) is 1.78. The molecule has 2 N–H and O–H groups in total. The first-order valence-electron chi connectivity index (χ1n) is 6.77. The number of anilines is 1. The standard InChI is InChI=1S/C16H16FNO4S/c1-16(20,11-17)15(19)18-12-7-9-14(10-8-12)23(21,22)13-5-3-2-4-6-13/h2-10,20H,11H2,1H3,(H,18,19). The van der Waals surface area contributed by atoms with Crippen molar-refractivity contribution in [2.45, 2.75) is 22.3 Å². The molecular weight excluding hydrogens is 321 g/mol. The van der Waals surface area contributed by atoms with E-state index in [9.17, 15) is 22.7 Å². The van der Waals surface area contributed by atoms with Gasteiger partial charge >= 0.3 is 0 Å². The van der Waals surface area contributed by atoms with Gasteiger partial charge < -0.3 is 10.4 Å². The minimum Gasteiger partial charge on any atom is -0.378 e. The first kappa shape index (κ1) is 17.1. The molecule has 0 aliphatic rings. The molecule has 2 aromatic rings. The van der Waals surface area contributed by atoms with Gasteiger partial charge in [-0.3, -0.25) is 4.79 Å². The summed E-state index contributed by atoms with van der Waals surface area (Å²) in [6.07, 6.45) is 0. The Balaban J connectivity index is 2.22. The highest BCUT2D eigenvalue weighted by molar-refractivity contribution is 7.91. The summed E-state index contributed by atoms with van der Waals surface area (Å²) in [5, 5.41) is 11.8. The molecule has 2 rings (SSSR count). The maximum Gasteiger partial charge on any atom is 0.258 e. The molecule has 0 aliphatic heterocycles. The van der Waals surface area contributed by atoms with E-state index in [1.165, 1.54) is 36.4 Å². The minimum atomic E-state index is -3.64. The molecule has 1 amide bonds. The van der Waals surface area contributed by atoms with E-state index in [4.69, 9.17) is 0 Å². The highest BCUT2D eigenvalue weighted by Gasteiger charge is 2.30. The lowest BCUT2D eigenvalue weighted by molar-refractivity contribution is -0.133. The fourth-order valence-corrected chi connectivity index (χ4v) is 3.06. The summed E-state index contributed by atoms with van der Waals surface area (Å²) >= 11 is 0. The Labute approximate surface area is 133 Å². The van der Waals surface area contributed by atoms with Gasteiger partial charge in [-0.1, -0.05) is 18.2 Å². The number of hydrogen-bond donors (Lipinski definition) is 2. The van der Waals surface area contributed by atoms with E-state index in [2.05, 4.69) is 5.32 Å². The molecule has 1 unspecified atom stereocenters. The Morgan fingerprint density at radius 3 is 2.13 bits per heavy atom. The number of hydrogen-bond acceptors (Lipinski definition) is 4. The van der Waals surface area contributed by atoms with E-state index in [0.29, 0.717) is 0 Å². The predicted octanol–water partition coefficient (Wildman–Crippen LogP) is 2.18. The van der Waals surface area contributed by atoms with Crippen molar-refractivity contribution in [3.8, 4) is 0 Å². The molecule has 7 heteroatoms. The van der Waals surface area contributed by atoms with Gasteiger partial charge in [-0.25, -0.2) is 12.8 Å². The Kier molecular flexibility index (Phi) is 4.82. The van der Waals surface area contributed by atoms with E-state index in [-0.39, 0.29) is 15.5 Å². The molecule has 0 heterocycles. The maximum absolute atomic E-state index is 12.5. The summed E-state index contributed by atoms with van der Waals surface area (Å²) < 4.78 is 37.3. The van der Waals surface area contributed by atoms with Crippen molar-refractivity contribution in [3.63, 3.8) is 0 Å². The molecule has 0 spiro atoms. The molecule has 0 fully saturated rings. The zero-order chi connectivity index (χ0) is 17.1. The quantitative estimate of drug-likeness (QED) is 0.876. The van der Waals surface area contributed by atoms with Gasteiger partial charge in [0.05, 0.1) is 9.79 Å². The number of halogens is 1. The highest BCUT2D eigenvalue weighted by atomic mass is 32.2. The van der Waals surface area contributed by atoms with Crippen LogP contribution in [0.5, 0.6) is 0 Å². The van der Waals surface area contributed by atoms with Crippen LogP contribution in [0.2, 0.25) is 0 Å². The third-order valence-corrected chi connectivity index (χ3v) is 5.01.